The third kappa shape index (κ3) is 9.92. The molecule has 2 rings (SSSR count). The number of hydrogen-bond acceptors (Lipinski definition) is 7. The van der Waals surface area contributed by atoms with Crippen molar-refractivity contribution in [3.8, 4) is 5.75 Å². The molecule has 182 valence electrons. The second-order valence-electron chi connectivity index (χ2n) is 8.08. The molecule has 8 heteroatoms. The maximum Gasteiger partial charge on any atom is 0.305 e. The van der Waals surface area contributed by atoms with Crippen LogP contribution in [0.4, 0.5) is 0 Å². The van der Waals surface area contributed by atoms with Crippen molar-refractivity contribution in [1.82, 2.24) is 0 Å². The van der Waals surface area contributed by atoms with Crippen LogP contribution in [0.2, 0.25) is 5.02 Å². The van der Waals surface area contributed by atoms with Crippen LogP contribution < -0.4 is 4.74 Å². The number of methoxy groups -OCH3 is 1. The molecule has 0 bridgehead atoms. The van der Waals surface area contributed by atoms with E-state index in [1.54, 1.807) is 30.3 Å². The van der Waals surface area contributed by atoms with Crippen LogP contribution in [-0.4, -0.2) is 52.5 Å². The van der Waals surface area contributed by atoms with E-state index in [9.17, 15) is 19.8 Å². The minimum Gasteiger partial charge on any atom is -0.491 e. The summed E-state index contributed by atoms with van der Waals surface area (Å²) < 4.78 is 10.2. The summed E-state index contributed by atoms with van der Waals surface area (Å²) in [5, 5.41) is 21.6. The van der Waals surface area contributed by atoms with Crippen LogP contribution >= 0.6 is 23.4 Å². The minimum absolute atomic E-state index is 0.00864. The maximum absolute atomic E-state index is 11.7. The molecule has 1 fully saturated rings. The van der Waals surface area contributed by atoms with Gasteiger partial charge in [-0.15, -0.1) is 0 Å². The van der Waals surface area contributed by atoms with Crippen molar-refractivity contribution in [3.63, 3.8) is 0 Å². The van der Waals surface area contributed by atoms with E-state index in [4.69, 9.17) is 16.3 Å². The first kappa shape index (κ1) is 27.4. The van der Waals surface area contributed by atoms with E-state index < -0.39 is 12.2 Å². The first-order chi connectivity index (χ1) is 15.8. The van der Waals surface area contributed by atoms with Gasteiger partial charge in [-0.2, -0.15) is 0 Å². The molecule has 1 saturated carbocycles. The van der Waals surface area contributed by atoms with Crippen molar-refractivity contribution in [1.29, 1.82) is 0 Å². The van der Waals surface area contributed by atoms with Gasteiger partial charge in [-0.25, -0.2) is 0 Å². The molecule has 2 N–H and O–H groups in total. The van der Waals surface area contributed by atoms with Crippen molar-refractivity contribution in [2.45, 2.75) is 56.5 Å². The lowest BCUT2D eigenvalue weighted by Crippen LogP contribution is -2.21. The number of unbranched alkanes of at least 4 members (excludes halogenated alkanes) is 1. The van der Waals surface area contributed by atoms with Crippen LogP contribution in [0.3, 0.4) is 0 Å². The Bertz CT molecular complexity index is 810. The molecule has 0 aliphatic heterocycles. The van der Waals surface area contributed by atoms with E-state index >= 15 is 0 Å². The molecule has 1 aliphatic rings. The number of thioether (sulfide) groups is 1. The lowest BCUT2D eigenvalue weighted by Gasteiger charge is -2.21. The molecule has 0 radical (unpaired) electrons. The maximum atomic E-state index is 11.7. The zero-order chi connectivity index (χ0) is 24.2. The van der Waals surface area contributed by atoms with Gasteiger partial charge in [0.1, 0.15) is 18.5 Å². The number of allylic oxidation sites excluding steroid dienone is 2. The molecule has 6 nitrogen and oxygen atoms in total. The summed E-state index contributed by atoms with van der Waals surface area (Å²) >= 11 is 7.13. The number of carbonyl (C=O) groups excluding carboxylic acids is 2. The first-order valence-corrected chi connectivity index (χ1v) is 12.4. The second kappa shape index (κ2) is 14.5. The number of benzene rings is 1. The third-order valence-corrected chi connectivity index (χ3v) is 6.98. The predicted octanol–water partition coefficient (Wildman–Crippen LogP) is 4.57. The summed E-state index contributed by atoms with van der Waals surface area (Å²) in [6.45, 7) is 1.62. The van der Waals surface area contributed by atoms with Gasteiger partial charge in [-0.1, -0.05) is 47.7 Å². The fourth-order valence-electron chi connectivity index (χ4n) is 3.89. The van der Waals surface area contributed by atoms with Gasteiger partial charge in [0.25, 0.3) is 0 Å². The van der Waals surface area contributed by atoms with Gasteiger partial charge in [0.2, 0.25) is 0 Å². The second-order valence-corrected chi connectivity index (χ2v) is 9.94. The molecule has 1 aliphatic carbocycles. The summed E-state index contributed by atoms with van der Waals surface area (Å²) in [5.74, 6) is 0.281. The van der Waals surface area contributed by atoms with Gasteiger partial charge in [0, 0.05) is 29.5 Å². The van der Waals surface area contributed by atoms with E-state index in [2.05, 4.69) is 10.8 Å². The van der Waals surface area contributed by atoms with Gasteiger partial charge in [-0.3, -0.25) is 9.59 Å². The molecule has 1 aromatic carbocycles. The van der Waals surface area contributed by atoms with Crippen LogP contribution in [0.1, 0.15) is 39.0 Å². The molecule has 5 atom stereocenters. The Kier molecular flexibility index (Phi) is 12.0. The monoisotopic (exact) mass is 496 g/mol. The molecule has 0 aromatic heterocycles. The van der Waals surface area contributed by atoms with Crippen molar-refractivity contribution in [3.05, 3.63) is 53.6 Å². The number of hydrogen-bond donors (Lipinski definition) is 2. The van der Waals surface area contributed by atoms with Crippen LogP contribution in [0.25, 0.3) is 0 Å². The molecule has 0 amide bonds. The largest absolute Gasteiger partial charge is 0.491 e. The summed E-state index contributed by atoms with van der Waals surface area (Å²) in [5.41, 5.74) is 0. The summed E-state index contributed by atoms with van der Waals surface area (Å²) in [6, 6.07) is 6.90. The molecule has 33 heavy (non-hydrogen) atoms. The van der Waals surface area contributed by atoms with Crippen molar-refractivity contribution < 1.29 is 29.3 Å². The summed E-state index contributed by atoms with van der Waals surface area (Å²) in [6.07, 6.45) is 9.24. The molecule has 0 heterocycles. The van der Waals surface area contributed by atoms with Gasteiger partial charge in [-0.05, 0) is 55.9 Å². The highest BCUT2D eigenvalue weighted by molar-refractivity contribution is 8.14. The summed E-state index contributed by atoms with van der Waals surface area (Å²) in [7, 11) is 1.38. The molecule has 1 aromatic rings. The minimum atomic E-state index is -0.832. The van der Waals surface area contributed by atoms with Gasteiger partial charge >= 0.3 is 5.97 Å². The van der Waals surface area contributed by atoms with E-state index in [0.29, 0.717) is 36.5 Å². The lowest BCUT2D eigenvalue weighted by atomic mass is 9.90. The van der Waals surface area contributed by atoms with Gasteiger partial charge < -0.3 is 19.7 Å². The number of aliphatic hydroxyl groups is 2. The fourth-order valence-corrected chi connectivity index (χ4v) is 5.21. The normalized spacial score (nSPS) is 23.8. The summed E-state index contributed by atoms with van der Waals surface area (Å²) in [4.78, 5) is 22.9. The van der Waals surface area contributed by atoms with Gasteiger partial charge in [0.15, 0.2) is 5.12 Å². The van der Waals surface area contributed by atoms with E-state index in [1.807, 2.05) is 12.2 Å². The average molecular weight is 497 g/mol. The van der Waals surface area contributed by atoms with Gasteiger partial charge in [0.05, 0.1) is 13.2 Å². The van der Waals surface area contributed by atoms with Crippen LogP contribution in [0.5, 0.6) is 5.75 Å². The Morgan fingerprint density at radius 1 is 1.27 bits per heavy atom. The molecular weight excluding hydrogens is 464 g/mol. The topological polar surface area (TPSA) is 93.1 Å². The zero-order valence-electron chi connectivity index (χ0n) is 19.1. The highest BCUT2D eigenvalue weighted by Crippen LogP contribution is 2.43. The number of aliphatic hydroxyl groups excluding tert-OH is 2. The van der Waals surface area contributed by atoms with Crippen molar-refractivity contribution >= 4 is 34.4 Å². The van der Waals surface area contributed by atoms with Crippen molar-refractivity contribution in [2.75, 3.05) is 13.7 Å². The Morgan fingerprint density at radius 2 is 2.00 bits per heavy atom. The molecule has 0 unspecified atom stereocenters. The number of rotatable bonds is 12. The average Bonchev–Trinajstić information content (AvgIpc) is 3.07. The lowest BCUT2D eigenvalue weighted by molar-refractivity contribution is -0.140. The Hall–Kier alpha value is -1.80. The predicted molar refractivity (Wildman–Crippen MR) is 131 cm³/mol. The number of carbonyl (C=O) groups is 2. The quantitative estimate of drug-likeness (QED) is 0.249. The zero-order valence-corrected chi connectivity index (χ0v) is 20.6. The Morgan fingerprint density at radius 3 is 2.67 bits per heavy atom. The van der Waals surface area contributed by atoms with E-state index in [1.165, 1.54) is 25.8 Å². The highest BCUT2D eigenvalue weighted by Gasteiger charge is 2.41. The molecule has 0 spiro atoms. The number of esters is 1. The smallest absolute Gasteiger partial charge is 0.305 e. The molecular formula is C25H33ClO6S. The van der Waals surface area contributed by atoms with Crippen LogP contribution in [0.15, 0.2) is 48.6 Å². The SMILES string of the molecule is COC(=O)CCCC=CC[C@@H]1[C@@H](C=C[C@@H](O)COc2ccc(Cl)cc2)[C@H](O)C[C@@H]1SC(C)=O. The number of halogens is 1. The van der Waals surface area contributed by atoms with Crippen LogP contribution in [0, 0.1) is 11.8 Å². The highest BCUT2D eigenvalue weighted by atomic mass is 35.5. The molecule has 0 saturated heterocycles. The Balaban J connectivity index is 1.93. The fraction of sp³-hybridized carbons (Fsp3) is 0.520. The standard InChI is InChI=1S/C25H33ClO6S/c1-17(27)33-24-15-23(29)21(22(24)7-5-3-4-6-8-25(30)31-2)14-11-19(28)16-32-20-12-9-18(26)10-13-20/h3,5,9-14,19,21-24,28-29H,4,6-8,15-16H2,1-2H3/t19-,21-,22-,23-,24+/m1/s1. The first-order valence-electron chi connectivity index (χ1n) is 11.1. The van der Waals surface area contributed by atoms with E-state index in [0.717, 1.165) is 6.42 Å². The third-order valence-electron chi connectivity index (χ3n) is 5.55. The van der Waals surface area contributed by atoms with Crippen LogP contribution in [-0.2, 0) is 14.3 Å². The van der Waals surface area contributed by atoms with Crippen molar-refractivity contribution in [2.24, 2.45) is 11.8 Å². The van der Waals surface area contributed by atoms with E-state index in [-0.39, 0.29) is 34.8 Å². The number of ether oxygens (including phenoxy) is 2. The Labute approximate surface area is 205 Å².